The average molecular weight is 443 g/mol. The fraction of sp³-hybridized carbons (Fsp3) is 0.364. The van der Waals surface area contributed by atoms with Crippen molar-refractivity contribution in [2.24, 2.45) is 7.05 Å². The standard InChI is InChI=1S/C22H23F2N5O3/c1-13-12-16(18-14(2)26-27(3)19(18)25-13)21(31)29-10-8-28(9-11-29)20(30)15-6-4-5-7-17(15)32-22(23)24/h4-7,12,22H,8-11H2,1-3H3. The Hall–Kier alpha value is -3.56. The number of alkyl halides is 2. The van der Waals surface area contributed by atoms with E-state index < -0.39 is 12.5 Å². The second-order valence-corrected chi connectivity index (χ2v) is 7.68. The summed E-state index contributed by atoms with van der Waals surface area (Å²) >= 11 is 0. The number of rotatable bonds is 4. The highest BCUT2D eigenvalue weighted by Crippen LogP contribution is 2.25. The van der Waals surface area contributed by atoms with E-state index in [1.54, 1.807) is 33.7 Å². The molecule has 32 heavy (non-hydrogen) atoms. The first-order valence-electron chi connectivity index (χ1n) is 10.2. The first kappa shape index (κ1) is 21.7. The van der Waals surface area contributed by atoms with Crippen molar-refractivity contribution in [2.75, 3.05) is 26.2 Å². The maximum absolute atomic E-state index is 13.3. The van der Waals surface area contributed by atoms with Crippen molar-refractivity contribution in [1.82, 2.24) is 24.6 Å². The van der Waals surface area contributed by atoms with Crippen LogP contribution in [-0.4, -0.2) is 69.2 Å². The molecule has 0 N–H and O–H groups in total. The highest BCUT2D eigenvalue weighted by Gasteiger charge is 2.29. The maximum atomic E-state index is 13.3. The normalized spacial score (nSPS) is 14.3. The van der Waals surface area contributed by atoms with Gasteiger partial charge in [0.1, 0.15) is 5.75 Å². The Labute approximate surface area is 183 Å². The van der Waals surface area contributed by atoms with Gasteiger partial charge in [0.15, 0.2) is 5.65 Å². The molecule has 2 aromatic heterocycles. The molecule has 3 aromatic rings. The summed E-state index contributed by atoms with van der Waals surface area (Å²) in [6.45, 7) is 1.87. The molecule has 1 aliphatic heterocycles. The molecule has 0 radical (unpaired) electrons. The topological polar surface area (TPSA) is 80.6 Å². The second-order valence-electron chi connectivity index (χ2n) is 7.68. The molecule has 8 nitrogen and oxygen atoms in total. The zero-order valence-electron chi connectivity index (χ0n) is 18.0. The van der Waals surface area contributed by atoms with Crippen LogP contribution in [0.1, 0.15) is 32.1 Å². The average Bonchev–Trinajstić information content (AvgIpc) is 3.05. The third-order valence-electron chi connectivity index (χ3n) is 5.51. The molecule has 168 valence electrons. The van der Waals surface area contributed by atoms with E-state index in [-0.39, 0.29) is 30.3 Å². The molecule has 4 rings (SSSR count). The third kappa shape index (κ3) is 4.00. The molecule has 1 saturated heterocycles. The lowest BCUT2D eigenvalue weighted by Gasteiger charge is -2.35. The van der Waals surface area contributed by atoms with Crippen LogP contribution in [-0.2, 0) is 7.05 Å². The number of carbonyl (C=O) groups excluding carboxylic acids is 2. The zero-order valence-corrected chi connectivity index (χ0v) is 18.0. The first-order valence-corrected chi connectivity index (χ1v) is 10.2. The van der Waals surface area contributed by atoms with Gasteiger partial charge < -0.3 is 14.5 Å². The Kier molecular flexibility index (Phi) is 5.77. The summed E-state index contributed by atoms with van der Waals surface area (Å²) < 4.78 is 31.5. The Morgan fingerprint density at radius 1 is 1.00 bits per heavy atom. The number of halogens is 2. The maximum Gasteiger partial charge on any atom is 0.387 e. The van der Waals surface area contributed by atoms with Gasteiger partial charge in [-0.25, -0.2) is 4.98 Å². The molecule has 10 heteroatoms. The fourth-order valence-electron chi connectivity index (χ4n) is 4.03. The minimum Gasteiger partial charge on any atom is -0.434 e. The number of amides is 2. The number of hydrogen-bond acceptors (Lipinski definition) is 5. The molecular weight excluding hydrogens is 420 g/mol. The Morgan fingerprint density at radius 3 is 2.22 bits per heavy atom. The number of aryl methyl sites for hydroxylation is 3. The Bertz CT molecular complexity index is 1190. The van der Waals surface area contributed by atoms with Crippen molar-refractivity contribution in [3.63, 3.8) is 0 Å². The van der Waals surface area contributed by atoms with Crippen LogP contribution in [0, 0.1) is 13.8 Å². The van der Waals surface area contributed by atoms with Gasteiger partial charge in [0.05, 0.1) is 22.2 Å². The SMILES string of the molecule is Cc1cc(C(=O)N2CCN(C(=O)c3ccccc3OC(F)F)CC2)c2c(C)nn(C)c2n1. The predicted molar refractivity (Wildman–Crippen MR) is 113 cm³/mol. The molecule has 0 unspecified atom stereocenters. The van der Waals surface area contributed by atoms with Gasteiger partial charge in [-0.2, -0.15) is 13.9 Å². The number of para-hydroxylation sites is 1. The van der Waals surface area contributed by atoms with Crippen LogP contribution in [0.2, 0.25) is 0 Å². The number of hydrogen-bond donors (Lipinski definition) is 0. The lowest BCUT2D eigenvalue weighted by atomic mass is 10.1. The number of pyridine rings is 1. The van der Waals surface area contributed by atoms with Gasteiger partial charge in [-0.3, -0.25) is 14.3 Å². The summed E-state index contributed by atoms with van der Waals surface area (Å²) in [5.41, 5.74) is 2.70. The highest BCUT2D eigenvalue weighted by molar-refractivity contribution is 6.06. The fourth-order valence-corrected chi connectivity index (χ4v) is 4.03. The van der Waals surface area contributed by atoms with Crippen LogP contribution in [0.4, 0.5) is 8.78 Å². The van der Waals surface area contributed by atoms with E-state index in [9.17, 15) is 18.4 Å². The van der Waals surface area contributed by atoms with Crippen molar-refractivity contribution in [1.29, 1.82) is 0 Å². The smallest absolute Gasteiger partial charge is 0.387 e. The van der Waals surface area contributed by atoms with Gasteiger partial charge in [0.25, 0.3) is 11.8 Å². The van der Waals surface area contributed by atoms with Crippen LogP contribution in [0.5, 0.6) is 5.75 Å². The number of benzene rings is 1. The van der Waals surface area contributed by atoms with E-state index in [0.717, 1.165) is 11.1 Å². The quantitative estimate of drug-likeness (QED) is 0.620. The summed E-state index contributed by atoms with van der Waals surface area (Å²) in [5.74, 6) is -0.712. The molecule has 3 heterocycles. The number of aromatic nitrogens is 3. The number of fused-ring (bicyclic) bond motifs is 1. The Balaban J connectivity index is 1.51. The first-order chi connectivity index (χ1) is 15.3. The van der Waals surface area contributed by atoms with E-state index in [2.05, 4.69) is 14.8 Å². The molecule has 1 aromatic carbocycles. The number of ether oxygens (including phenoxy) is 1. The van der Waals surface area contributed by atoms with Crippen LogP contribution in [0.25, 0.3) is 11.0 Å². The largest absolute Gasteiger partial charge is 0.434 e. The van der Waals surface area contributed by atoms with Crippen molar-refractivity contribution >= 4 is 22.8 Å². The third-order valence-corrected chi connectivity index (χ3v) is 5.51. The van der Waals surface area contributed by atoms with Gasteiger partial charge in [-0.1, -0.05) is 12.1 Å². The van der Waals surface area contributed by atoms with E-state index in [0.29, 0.717) is 30.0 Å². The van der Waals surface area contributed by atoms with Gasteiger partial charge >= 0.3 is 6.61 Å². The second kappa shape index (κ2) is 8.52. The molecule has 1 aliphatic rings. The summed E-state index contributed by atoms with van der Waals surface area (Å²) in [6.07, 6.45) is 0. The van der Waals surface area contributed by atoms with Crippen LogP contribution in [0.3, 0.4) is 0 Å². The van der Waals surface area contributed by atoms with Gasteiger partial charge in [0, 0.05) is 38.9 Å². The van der Waals surface area contributed by atoms with Crippen LogP contribution in [0.15, 0.2) is 30.3 Å². The van der Waals surface area contributed by atoms with Crippen molar-refractivity contribution in [3.8, 4) is 5.75 Å². The van der Waals surface area contributed by atoms with Gasteiger partial charge in [0.2, 0.25) is 0 Å². The van der Waals surface area contributed by atoms with Gasteiger partial charge in [-0.05, 0) is 32.0 Å². The van der Waals surface area contributed by atoms with E-state index in [4.69, 9.17) is 0 Å². The summed E-state index contributed by atoms with van der Waals surface area (Å²) in [5, 5.41) is 5.10. The summed E-state index contributed by atoms with van der Waals surface area (Å²) in [6, 6.07) is 7.68. The molecule has 1 fully saturated rings. The summed E-state index contributed by atoms with van der Waals surface area (Å²) in [4.78, 5) is 33.9. The van der Waals surface area contributed by atoms with E-state index in [1.807, 2.05) is 13.8 Å². The molecule has 0 bridgehead atoms. The molecule has 0 atom stereocenters. The van der Waals surface area contributed by atoms with Crippen molar-refractivity contribution in [3.05, 3.63) is 52.8 Å². The lowest BCUT2D eigenvalue weighted by molar-refractivity contribution is -0.0503. The molecule has 0 spiro atoms. The number of nitrogens with zero attached hydrogens (tertiary/aromatic N) is 5. The van der Waals surface area contributed by atoms with Crippen LogP contribution < -0.4 is 4.74 Å². The zero-order chi connectivity index (χ0) is 23.0. The predicted octanol–water partition coefficient (Wildman–Crippen LogP) is 2.78. The molecular formula is C22H23F2N5O3. The highest BCUT2D eigenvalue weighted by atomic mass is 19.3. The molecule has 2 amide bonds. The molecule has 0 aliphatic carbocycles. The van der Waals surface area contributed by atoms with E-state index >= 15 is 0 Å². The van der Waals surface area contributed by atoms with Crippen molar-refractivity contribution in [2.45, 2.75) is 20.5 Å². The molecule has 0 saturated carbocycles. The Morgan fingerprint density at radius 2 is 1.59 bits per heavy atom. The monoisotopic (exact) mass is 443 g/mol. The number of carbonyl (C=O) groups is 2. The minimum atomic E-state index is -3.02. The van der Waals surface area contributed by atoms with E-state index in [1.165, 1.54) is 18.2 Å². The van der Waals surface area contributed by atoms with Crippen molar-refractivity contribution < 1.29 is 23.1 Å². The minimum absolute atomic E-state index is 0.0741. The summed E-state index contributed by atoms with van der Waals surface area (Å²) in [7, 11) is 1.79. The van der Waals surface area contributed by atoms with Crippen LogP contribution >= 0.6 is 0 Å². The lowest BCUT2D eigenvalue weighted by Crippen LogP contribution is -2.50. The van der Waals surface area contributed by atoms with Gasteiger partial charge in [-0.15, -0.1) is 0 Å². The number of piperazine rings is 1.